The third-order valence-electron chi connectivity index (χ3n) is 3.28. The van der Waals surface area contributed by atoms with Crippen molar-refractivity contribution in [1.82, 2.24) is 4.90 Å². The molecule has 1 aromatic carbocycles. The molecule has 0 amide bonds. The van der Waals surface area contributed by atoms with E-state index >= 15 is 0 Å². The smallest absolute Gasteiger partial charge is 0.0937 e. The van der Waals surface area contributed by atoms with E-state index in [0.29, 0.717) is 11.8 Å². The van der Waals surface area contributed by atoms with Gasteiger partial charge in [0, 0.05) is 12.5 Å². The molecular formula is C13H20ClN3. The topological polar surface area (TPSA) is 53.1 Å². The Kier molecular flexibility index (Phi) is 5.45. The molecule has 1 fully saturated rings. The minimum absolute atomic E-state index is 0. The van der Waals surface area contributed by atoms with Crippen LogP contribution in [0.2, 0.25) is 0 Å². The van der Waals surface area contributed by atoms with Crippen LogP contribution in [0.5, 0.6) is 0 Å². The second kappa shape index (κ2) is 6.62. The van der Waals surface area contributed by atoms with Crippen LogP contribution in [-0.4, -0.2) is 23.8 Å². The second-order valence-electron chi connectivity index (χ2n) is 4.49. The maximum Gasteiger partial charge on any atom is 0.0937 e. The Labute approximate surface area is 109 Å². The van der Waals surface area contributed by atoms with Crippen LogP contribution in [0, 0.1) is 11.3 Å². The Balaban J connectivity index is 0.00000144. The standard InChI is InChI=1S/C13H19N3.ClH/c14-13(15)12-6-8-16(9-7-12)10-11-4-2-1-3-5-11;/h1-5,12H,6-10H2,(H3,14,15);1H. The molecular weight excluding hydrogens is 234 g/mol. The number of hydrogen-bond donors (Lipinski definition) is 2. The number of nitrogens with one attached hydrogen (secondary N) is 1. The predicted molar refractivity (Wildman–Crippen MR) is 73.6 cm³/mol. The van der Waals surface area contributed by atoms with Crippen molar-refractivity contribution >= 4 is 18.2 Å². The van der Waals surface area contributed by atoms with Gasteiger partial charge in [0.1, 0.15) is 0 Å². The van der Waals surface area contributed by atoms with Gasteiger partial charge in [0.25, 0.3) is 0 Å². The average Bonchev–Trinajstić information content (AvgIpc) is 2.31. The van der Waals surface area contributed by atoms with Crippen LogP contribution in [0.4, 0.5) is 0 Å². The van der Waals surface area contributed by atoms with E-state index in [1.807, 2.05) is 6.07 Å². The van der Waals surface area contributed by atoms with Gasteiger partial charge in [-0.25, -0.2) is 0 Å². The van der Waals surface area contributed by atoms with E-state index in [1.54, 1.807) is 0 Å². The van der Waals surface area contributed by atoms with Crippen LogP contribution in [0.3, 0.4) is 0 Å². The monoisotopic (exact) mass is 253 g/mol. The van der Waals surface area contributed by atoms with Crippen molar-refractivity contribution in [3.8, 4) is 0 Å². The number of rotatable bonds is 3. The van der Waals surface area contributed by atoms with Crippen LogP contribution in [0.15, 0.2) is 30.3 Å². The molecule has 2 rings (SSSR count). The molecule has 0 radical (unpaired) electrons. The fourth-order valence-electron chi connectivity index (χ4n) is 2.24. The number of hydrogen-bond acceptors (Lipinski definition) is 2. The minimum Gasteiger partial charge on any atom is -0.387 e. The van der Waals surface area contributed by atoms with Crippen molar-refractivity contribution in [1.29, 1.82) is 5.41 Å². The van der Waals surface area contributed by atoms with Gasteiger partial charge in [-0.05, 0) is 31.5 Å². The largest absolute Gasteiger partial charge is 0.387 e. The lowest BCUT2D eigenvalue weighted by Crippen LogP contribution is -2.37. The minimum atomic E-state index is 0. The first-order valence-corrected chi connectivity index (χ1v) is 5.86. The van der Waals surface area contributed by atoms with Crippen molar-refractivity contribution in [3.05, 3.63) is 35.9 Å². The molecule has 1 heterocycles. The summed E-state index contributed by atoms with van der Waals surface area (Å²) in [6.07, 6.45) is 2.06. The van der Waals surface area contributed by atoms with E-state index in [-0.39, 0.29) is 12.4 Å². The van der Waals surface area contributed by atoms with Crippen LogP contribution < -0.4 is 5.73 Å². The summed E-state index contributed by atoms with van der Waals surface area (Å²) in [5.74, 6) is 0.673. The zero-order valence-corrected chi connectivity index (χ0v) is 10.7. The summed E-state index contributed by atoms with van der Waals surface area (Å²) in [5, 5.41) is 7.44. The highest BCUT2D eigenvalue weighted by molar-refractivity contribution is 5.85. The Hall–Kier alpha value is -1.06. The molecule has 3 N–H and O–H groups in total. The Morgan fingerprint density at radius 3 is 2.35 bits per heavy atom. The number of nitrogens with two attached hydrogens (primary N) is 1. The highest BCUT2D eigenvalue weighted by atomic mass is 35.5. The van der Waals surface area contributed by atoms with E-state index in [0.717, 1.165) is 32.5 Å². The van der Waals surface area contributed by atoms with Crippen molar-refractivity contribution in [3.63, 3.8) is 0 Å². The molecule has 0 aliphatic carbocycles. The molecule has 1 saturated heterocycles. The first-order valence-electron chi connectivity index (χ1n) is 5.86. The van der Waals surface area contributed by atoms with E-state index < -0.39 is 0 Å². The zero-order valence-electron chi connectivity index (χ0n) is 9.93. The highest BCUT2D eigenvalue weighted by Crippen LogP contribution is 2.18. The molecule has 1 aromatic rings. The third kappa shape index (κ3) is 4.02. The van der Waals surface area contributed by atoms with Crippen LogP contribution >= 0.6 is 12.4 Å². The molecule has 0 spiro atoms. The van der Waals surface area contributed by atoms with Gasteiger partial charge in [-0.3, -0.25) is 10.3 Å². The van der Waals surface area contributed by atoms with Crippen LogP contribution in [0.1, 0.15) is 18.4 Å². The lowest BCUT2D eigenvalue weighted by molar-refractivity contribution is 0.201. The summed E-state index contributed by atoms with van der Waals surface area (Å²) in [6.45, 7) is 3.13. The summed E-state index contributed by atoms with van der Waals surface area (Å²) in [4.78, 5) is 2.44. The first kappa shape index (κ1) is 14.0. The Bertz CT molecular complexity index is 345. The van der Waals surface area contributed by atoms with Crippen LogP contribution in [0.25, 0.3) is 0 Å². The van der Waals surface area contributed by atoms with Gasteiger partial charge in [-0.15, -0.1) is 12.4 Å². The molecule has 3 nitrogen and oxygen atoms in total. The van der Waals surface area contributed by atoms with Gasteiger partial charge in [0.2, 0.25) is 0 Å². The molecule has 0 saturated carbocycles. The summed E-state index contributed by atoms with van der Waals surface area (Å²) in [5.41, 5.74) is 6.89. The van der Waals surface area contributed by atoms with E-state index in [9.17, 15) is 0 Å². The van der Waals surface area contributed by atoms with Crippen molar-refractivity contribution in [2.75, 3.05) is 13.1 Å². The average molecular weight is 254 g/mol. The Morgan fingerprint density at radius 1 is 1.24 bits per heavy atom. The van der Waals surface area contributed by atoms with E-state index in [2.05, 4.69) is 29.2 Å². The van der Waals surface area contributed by atoms with Crippen molar-refractivity contribution in [2.45, 2.75) is 19.4 Å². The molecule has 1 aliphatic rings. The highest BCUT2D eigenvalue weighted by Gasteiger charge is 2.20. The summed E-state index contributed by atoms with van der Waals surface area (Å²) < 4.78 is 0. The van der Waals surface area contributed by atoms with Crippen LogP contribution in [-0.2, 0) is 6.54 Å². The van der Waals surface area contributed by atoms with Gasteiger partial charge in [-0.1, -0.05) is 30.3 Å². The predicted octanol–water partition coefficient (Wildman–Crippen LogP) is 2.26. The zero-order chi connectivity index (χ0) is 11.4. The molecule has 4 heteroatoms. The van der Waals surface area contributed by atoms with Gasteiger partial charge in [-0.2, -0.15) is 0 Å². The van der Waals surface area contributed by atoms with Gasteiger partial charge >= 0.3 is 0 Å². The number of likely N-dealkylation sites (tertiary alicyclic amines) is 1. The Morgan fingerprint density at radius 2 is 1.82 bits per heavy atom. The normalized spacial score (nSPS) is 17.4. The molecule has 1 aliphatic heterocycles. The molecule has 0 aromatic heterocycles. The maximum absolute atomic E-state index is 7.44. The first-order chi connectivity index (χ1) is 7.75. The van der Waals surface area contributed by atoms with E-state index in [4.69, 9.17) is 11.1 Å². The van der Waals surface area contributed by atoms with Crippen molar-refractivity contribution in [2.24, 2.45) is 11.7 Å². The summed E-state index contributed by atoms with van der Waals surface area (Å²) in [7, 11) is 0. The lowest BCUT2D eigenvalue weighted by atomic mass is 9.95. The quantitative estimate of drug-likeness (QED) is 0.641. The van der Waals surface area contributed by atoms with Gasteiger partial charge in [0.05, 0.1) is 5.84 Å². The number of halogens is 1. The molecule has 94 valence electrons. The molecule has 17 heavy (non-hydrogen) atoms. The molecule has 0 bridgehead atoms. The fraction of sp³-hybridized carbons (Fsp3) is 0.462. The maximum atomic E-state index is 7.44. The van der Waals surface area contributed by atoms with Gasteiger partial charge < -0.3 is 5.73 Å². The number of amidine groups is 1. The van der Waals surface area contributed by atoms with Crippen molar-refractivity contribution < 1.29 is 0 Å². The third-order valence-corrected chi connectivity index (χ3v) is 3.28. The summed E-state index contributed by atoms with van der Waals surface area (Å²) in [6, 6.07) is 10.5. The fourth-order valence-corrected chi connectivity index (χ4v) is 2.24. The second-order valence-corrected chi connectivity index (χ2v) is 4.49. The number of piperidine rings is 1. The number of nitrogens with zero attached hydrogens (tertiary/aromatic N) is 1. The lowest BCUT2D eigenvalue weighted by Gasteiger charge is -2.31. The van der Waals surface area contributed by atoms with Gasteiger partial charge in [0.15, 0.2) is 0 Å². The number of benzene rings is 1. The molecule has 0 atom stereocenters. The SMILES string of the molecule is Cl.N=C(N)C1CCN(Cc2ccccc2)CC1. The summed E-state index contributed by atoms with van der Waals surface area (Å²) >= 11 is 0. The van der Waals surface area contributed by atoms with E-state index in [1.165, 1.54) is 5.56 Å². The molecule has 0 unspecified atom stereocenters.